The monoisotopic (exact) mass is 643 g/mol. The molecule has 5 atom stereocenters. The van der Waals surface area contributed by atoms with Gasteiger partial charge in [0.2, 0.25) is 0 Å². The highest BCUT2D eigenvalue weighted by Gasteiger charge is 2.62. The second-order valence-electron chi connectivity index (χ2n) is 9.06. The number of nitrogens with zero attached hydrogens (tertiary/aromatic N) is 4. The minimum atomic E-state index is -4.54. The second kappa shape index (κ2) is 12.5. The van der Waals surface area contributed by atoms with Gasteiger partial charge in [0.25, 0.3) is 6.43 Å². The smallest absolute Gasteiger partial charge is 0.478 e. The lowest BCUT2D eigenvalue weighted by molar-refractivity contribution is -0.191. The lowest BCUT2D eigenvalue weighted by atomic mass is 9.97. The Kier molecular flexibility index (Phi) is 8.89. The van der Waals surface area contributed by atoms with E-state index in [-0.39, 0.29) is 40.1 Å². The number of benzene rings is 2. The van der Waals surface area contributed by atoms with Crippen molar-refractivity contribution in [2.24, 2.45) is 0 Å². The van der Waals surface area contributed by atoms with Crippen molar-refractivity contribution in [1.29, 1.82) is 0 Å². The fourth-order valence-corrected chi connectivity index (χ4v) is 6.47. The van der Waals surface area contributed by atoms with Crippen LogP contribution in [0.3, 0.4) is 0 Å². The van der Waals surface area contributed by atoms with E-state index in [0.29, 0.717) is 11.5 Å². The number of nitrogen functional groups attached to an aromatic ring is 1. The van der Waals surface area contributed by atoms with Crippen molar-refractivity contribution in [2.75, 3.05) is 26.6 Å². The molecule has 4 aromatic rings. The van der Waals surface area contributed by atoms with Gasteiger partial charge in [0.15, 0.2) is 41.1 Å². The number of fused-ring (bicyclic) bond motifs is 1. The van der Waals surface area contributed by atoms with E-state index in [1.54, 1.807) is 12.1 Å². The Morgan fingerprint density at radius 1 is 1.05 bits per heavy atom. The number of aliphatic hydroxyl groups excluding tert-OH is 1. The Morgan fingerprint density at radius 2 is 1.65 bits per heavy atom. The molecule has 43 heavy (non-hydrogen) atoms. The van der Waals surface area contributed by atoms with Crippen molar-refractivity contribution in [3.63, 3.8) is 0 Å². The average molecular weight is 644 g/mol. The largest absolute Gasteiger partial charge is 0.497 e. The van der Waals surface area contributed by atoms with E-state index in [4.69, 9.17) is 33.2 Å². The molecular weight excluding hydrogens is 618 g/mol. The van der Waals surface area contributed by atoms with Gasteiger partial charge in [0.1, 0.15) is 40.9 Å². The lowest BCUT2D eigenvalue weighted by Crippen LogP contribution is -2.52. The number of methoxy groups -OCH3 is 2. The summed E-state index contributed by atoms with van der Waals surface area (Å²) in [5.41, 5.74) is 2.84. The van der Waals surface area contributed by atoms with Crippen molar-refractivity contribution >= 4 is 35.4 Å². The van der Waals surface area contributed by atoms with Gasteiger partial charge in [-0.2, -0.15) is 0 Å². The van der Waals surface area contributed by atoms with Crippen LogP contribution in [0, 0.1) is 0 Å². The quantitative estimate of drug-likeness (QED) is 0.163. The van der Waals surface area contributed by atoms with Crippen LogP contribution in [0.1, 0.15) is 6.23 Å². The Labute approximate surface area is 246 Å². The number of halogens is 3. The molecule has 0 saturated carbocycles. The van der Waals surface area contributed by atoms with Crippen LogP contribution < -0.4 is 23.9 Å². The number of anilines is 1. The van der Waals surface area contributed by atoms with E-state index in [1.807, 2.05) is 0 Å². The van der Waals surface area contributed by atoms with E-state index >= 15 is 4.39 Å². The third-order valence-corrected chi connectivity index (χ3v) is 9.10. The van der Waals surface area contributed by atoms with E-state index in [1.165, 1.54) is 50.6 Å². The van der Waals surface area contributed by atoms with Crippen molar-refractivity contribution < 1.29 is 50.3 Å². The Hall–Kier alpha value is -3.76. The average Bonchev–Trinajstić information content (AvgIpc) is 3.56. The summed E-state index contributed by atoms with van der Waals surface area (Å²) in [5, 5.41) is 10.7. The highest BCUT2D eigenvalue weighted by molar-refractivity contribution is 8.52. The van der Waals surface area contributed by atoms with Gasteiger partial charge in [-0.05, 0) is 48.5 Å². The van der Waals surface area contributed by atoms with Crippen LogP contribution in [0.25, 0.3) is 11.2 Å². The molecule has 3 N–H and O–H groups in total. The van der Waals surface area contributed by atoms with E-state index in [2.05, 4.69) is 15.0 Å². The van der Waals surface area contributed by atoms with Gasteiger partial charge in [-0.25, -0.2) is 32.7 Å². The first-order valence-corrected chi connectivity index (χ1v) is 15.3. The molecule has 0 spiro atoms. The maximum Gasteiger partial charge on any atom is 0.478 e. The molecule has 1 aliphatic heterocycles. The number of alkyl halides is 3. The number of rotatable bonds is 12. The van der Waals surface area contributed by atoms with E-state index in [9.17, 15) is 18.5 Å². The summed E-state index contributed by atoms with van der Waals surface area (Å²) in [6.07, 6.45) is -8.03. The summed E-state index contributed by atoms with van der Waals surface area (Å²) in [6.45, 7) is -5.80. The van der Waals surface area contributed by atoms with Gasteiger partial charge in [-0.3, -0.25) is 9.09 Å². The molecule has 0 radical (unpaired) electrons. The topological polar surface area (TPSA) is 162 Å². The number of hydrogen-bond donors (Lipinski definition) is 2. The summed E-state index contributed by atoms with van der Waals surface area (Å²) in [7, 11) is 2.91. The first-order chi connectivity index (χ1) is 20.6. The predicted molar refractivity (Wildman–Crippen MR) is 148 cm³/mol. The molecule has 0 bridgehead atoms. The number of hydrogen-bond acceptors (Lipinski definition) is 13. The van der Waals surface area contributed by atoms with Crippen LogP contribution in [0.15, 0.2) is 61.2 Å². The predicted octanol–water partition coefficient (Wildman–Crippen LogP) is 4.59. The van der Waals surface area contributed by atoms with E-state index < -0.39 is 43.9 Å². The van der Waals surface area contributed by atoms with Crippen molar-refractivity contribution in [3.05, 3.63) is 61.2 Å². The molecule has 1 saturated heterocycles. The van der Waals surface area contributed by atoms with Crippen molar-refractivity contribution in [3.8, 4) is 23.0 Å². The number of imidazole rings is 1. The molecule has 2 aromatic carbocycles. The Balaban J connectivity index is 1.41. The third kappa shape index (κ3) is 6.17. The summed E-state index contributed by atoms with van der Waals surface area (Å²) in [5.74, 6) is 1.16. The van der Waals surface area contributed by atoms with Crippen molar-refractivity contribution in [2.45, 2.75) is 30.5 Å². The summed E-state index contributed by atoms with van der Waals surface area (Å²) < 4.78 is 91.7. The lowest BCUT2D eigenvalue weighted by Gasteiger charge is -2.31. The first-order valence-electron chi connectivity index (χ1n) is 12.4. The van der Waals surface area contributed by atoms with Gasteiger partial charge in [-0.1, -0.05) is 0 Å². The fourth-order valence-electron chi connectivity index (χ4n) is 4.14. The molecule has 0 amide bonds. The van der Waals surface area contributed by atoms with Gasteiger partial charge in [0.05, 0.1) is 27.2 Å². The number of aromatic nitrogens is 4. The maximum absolute atomic E-state index is 15.5. The molecule has 1 unspecified atom stereocenters. The van der Waals surface area contributed by atoms with Gasteiger partial charge in [0, 0.05) is 0 Å². The molecule has 1 fully saturated rings. The standard InChI is InChI=1S/C25H25F3N5O8PS/c1-36-14-3-7-16(8-4-14)40-42(35,43-41-17-9-5-15(37-2)6-10-17)38-11-25(24(27)28)20(34)18(26)23(39-25)33-13-32-19-21(29)30-12-31-22(19)33/h3-10,12-13,18,20,23-24,34H,11H2,1-2H3,(H2,29,30,31)/t18-,20+,23-,25-,42?/m1/s1. The van der Waals surface area contributed by atoms with Crippen LogP contribution in [-0.4, -0.2) is 69.8 Å². The minimum absolute atomic E-state index is 0.0114. The molecule has 1 aliphatic rings. The SMILES string of the molecule is COc1ccc(OSP(=O)(OC[C@@]2(C(F)F)O[C@@H](n3cnc4c(N)ncnc43)[C@H](F)[C@@H]2O)Oc2ccc(OC)cc2)cc1. The molecule has 0 aliphatic carbocycles. The number of nitrogens with two attached hydrogens (primary N) is 1. The zero-order valence-corrected chi connectivity index (χ0v) is 24.2. The molecule has 2 aromatic heterocycles. The summed E-state index contributed by atoms with van der Waals surface area (Å²) >= 11 is 0.210. The minimum Gasteiger partial charge on any atom is -0.497 e. The molecular formula is C25H25F3N5O8PS. The van der Waals surface area contributed by atoms with Crippen LogP contribution >= 0.6 is 18.5 Å². The highest BCUT2D eigenvalue weighted by Crippen LogP contribution is 2.61. The van der Waals surface area contributed by atoms with Crippen LogP contribution in [0.5, 0.6) is 23.0 Å². The number of aliphatic hydroxyl groups is 1. The zero-order valence-electron chi connectivity index (χ0n) is 22.5. The maximum atomic E-state index is 15.5. The van der Waals surface area contributed by atoms with Crippen LogP contribution in [-0.2, 0) is 13.8 Å². The summed E-state index contributed by atoms with van der Waals surface area (Å²) in [6, 6.07) is 11.9. The Bertz CT molecular complexity index is 1600. The summed E-state index contributed by atoms with van der Waals surface area (Å²) in [4.78, 5) is 11.7. The Morgan fingerprint density at radius 3 is 2.26 bits per heavy atom. The normalized spacial score (nSPS) is 23.3. The highest BCUT2D eigenvalue weighted by atomic mass is 32.7. The third-order valence-electron chi connectivity index (χ3n) is 6.45. The van der Waals surface area contributed by atoms with Gasteiger partial charge in [-0.15, -0.1) is 0 Å². The van der Waals surface area contributed by atoms with Gasteiger partial charge >= 0.3 is 6.80 Å². The van der Waals surface area contributed by atoms with E-state index in [0.717, 1.165) is 17.2 Å². The van der Waals surface area contributed by atoms with Crippen LogP contribution in [0.4, 0.5) is 19.0 Å². The number of ether oxygens (including phenoxy) is 3. The second-order valence-corrected chi connectivity index (χ2v) is 12.5. The molecule has 5 rings (SSSR count). The molecule has 3 heterocycles. The first kappa shape index (κ1) is 30.7. The van der Waals surface area contributed by atoms with Gasteiger partial charge < -0.3 is 33.8 Å². The molecule has 230 valence electrons. The fraction of sp³-hybridized carbons (Fsp3) is 0.320. The molecule has 18 heteroatoms. The molecule has 13 nitrogen and oxygen atoms in total. The zero-order chi connectivity index (χ0) is 30.8. The van der Waals surface area contributed by atoms with Crippen LogP contribution in [0.2, 0.25) is 0 Å². The van der Waals surface area contributed by atoms with Crippen molar-refractivity contribution in [1.82, 2.24) is 19.5 Å².